The molecule has 2 atom stereocenters. The normalized spacial score (nSPS) is 21.9. The topological polar surface area (TPSA) is 61.5 Å². The van der Waals surface area contributed by atoms with Gasteiger partial charge in [-0.15, -0.1) is 0 Å². The third kappa shape index (κ3) is 2.49. The maximum atomic E-state index is 11.8. The van der Waals surface area contributed by atoms with E-state index in [0.29, 0.717) is 12.5 Å². The third-order valence-corrected chi connectivity index (χ3v) is 4.67. The second kappa shape index (κ2) is 5.87. The molecule has 1 N–H and O–H groups in total. The third-order valence-electron chi connectivity index (χ3n) is 4.67. The van der Waals surface area contributed by atoms with Crippen LogP contribution in [-0.2, 0) is 4.74 Å². The van der Waals surface area contributed by atoms with Crippen molar-refractivity contribution in [3.63, 3.8) is 0 Å². The van der Waals surface area contributed by atoms with E-state index in [1.807, 2.05) is 24.5 Å². The van der Waals surface area contributed by atoms with E-state index in [1.165, 1.54) is 7.11 Å². The molecule has 2 aromatic rings. The number of methoxy groups -OCH3 is 1. The Labute approximate surface area is 130 Å². The van der Waals surface area contributed by atoms with E-state index in [0.717, 1.165) is 29.7 Å². The van der Waals surface area contributed by atoms with Gasteiger partial charge in [-0.05, 0) is 24.5 Å². The maximum Gasteiger partial charge on any atom is 0.409 e. The van der Waals surface area contributed by atoms with Crippen LogP contribution in [0.2, 0.25) is 0 Å². The Kier molecular flexibility index (Phi) is 3.92. The summed E-state index contributed by atoms with van der Waals surface area (Å²) in [4.78, 5) is 23.4. The Morgan fingerprint density at radius 3 is 3.09 bits per heavy atom. The number of H-pyrrole nitrogens is 1. The van der Waals surface area contributed by atoms with Crippen molar-refractivity contribution >= 4 is 22.8 Å². The van der Waals surface area contributed by atoms with Crippen LogP contribution in [0.25, 0.3) is 11.0 Å². The lowest BCUT2D eigenvalue weighted by atomic mass is 9.92. The van der Waals surface area contributed by atoms with Gasteiger partial charge in [-0.25, -0.2) is 9.78 Å². The number of likely N-dealkylation sites (N-methyl/N-ethyl adjacent to an activating group) is 1. The summed E-state index contributed by atoms with van der Waals surface area (Å²) in [6.07, 6.45) is 4.45. The van der Waals surface area contributed by atoms with Crippen LogP contribution in [-0.4, -0.2) is 54.2 Å². The van der Waals surface area contributed by atoms with Crippen molar-refractivity contribution in [2.24, 2.45) is 5.92 Å². The number of pyridine rings is 1. The Balaban J connectivity index is 1.88. The second-order valence-electron chi connectivity index (χ2n) is 5.93. The van der Waals surface area contributed by atoms with E-state index in [-0.39, 0.29) is 12.1 Å². The van der Waals surface area contributed by atoms with Gasteiger partial charge in [0, 0.05) is 49.6 Å². The molecule has 1 fully saturated rings. The number of aromatic nitrogens is 2. The van der Waals surface area contributed by atoms with E-state index >= 15 is 0 Å². The molecule has 3 rings (SSSR count). The quantitative estimate of drug-likeness (QED) is 0.926. The average molecular weight is 302 g/mol. The summed E-state index contributed by atoms with van der Waals surface area (Å²) in [7, 11) is 3.52. The fourth-order valence-electron chi connectivity index (χ4n) is 3.28. The number of hydrogen-bond donors (Lipinski definition) is 1. The van der Waals surface area contributed by atoms with Crippen LogP contribution in [0.1, 0.15) is 13.3 Å². The number of nitrogens with one attached hydrogen (secondary N) is 1. The maximum absolute atomic E-state index is 11.8. The summed E-state index contributed by atoms with van der Waals surface area (Å²) in [5.41, 5.74) is 2.02. The molecule has 1 saturated heterocycles. The first-order valence-corrected chi connectivity index (χ1v) is 7.59. The van der Waals surface area contributed by atoms with Crippen molar-refractivity contribution in [3.05, 3.63) is 24.5 Å². The van der Waals surface area contributed by atoms with Gasteiger partial charge in [0.15, 0.2) is 0 Å². The van der Waals surface area contributed by atoms with Crippen LogP contribution in [0.3, 0.4) is 0 Å². The van der Waals surface area contributed by atoms with Gasteiger partial charge in [-0.3, -0.25) is 0 Å². The number of hydrogen-bond acceptors (Lipinski definition) is 4. The number of carbonyl (C=O) groups is 1. The first kappa shape index (κ1) is 14.7. The van der Waals surface area contributed by atoms with Crippen molar-refractivity contribution in [2.75, 3.05) is 32.1 Å². The molecule has 0 radical (unpaired) electrons. The highest BCUT2D eigenvalue weighted by Crippen LogP contribution is 2.30. The highest BCUT2D eigenvalue weighted by molar-refractivity contribution is 5.89. The number of anilines is 1. The molecule has 1 amide bonds. The van der Waals surface area contributed by atoms with Crippen LogP contribution in [0.15, 0.2) is 24.5 Å². The number of rotatable bonds is 2. The van der Waals surface area contributed by atoms with Crippen molar-refractivity contribution < 1.29 is 9.53 Å². The number of fused-ring (bicyclic) bond motifs is 1. The fourth-order valence-corrected chi connectivity index (χ4v) is 3.28. The van der Waals surface area contributed by atoms with Crippen LogP contribution in [0, 0.1) is 5.92 Å². The molecular weight excluding hydrogens is 280 g/mol. The molecule has 0 aromatic carbocycles. The zero-order chi connectivity index (χ0) is 15.7. The molecule has 2 aromatic heterocycles. The molecule has 3 heterocycles. The molecule has 0 spiro atoms. The first-order valence-electron chi connectivity index (χ1n) is 7.59. The van der Waals surface area contributed by atoms with E-state index in [9.17, 15) is 4.79 Å². The van der Waals surface area contributed by atoms with Gasteiger partial charge in [0.25, 0.3) is 0 Å². The van der Waals surface area contributed by atoms with E-state index < -0.39 is 0 Å². The molecule has 6 nitrogen and oxygen atoms in total. The smallest absolute Gasteiger partial charge is 0.409 e. The first-order chi connectivity index (χ1) is 10.6. The molecule has 6 heteroatoms. The average Bonchev–Trinajstić information content (AvgIpc) is 3.02. The highest BCUT2D eigenvalue weighted by atomic mass is 16.5. The van der Waals surface area contributed by atoms with Gasteiger partial charge < -0.3 is 19.5 Å². The van der Waals surface area contributed by atoms with Crippen LogP contribution >= 0.6 is 0 Å². The number of piperidine rings is 1. The van der Waals surface area contributed by atoms with Gasteiger partial charge in [-0.1, -0.05) is 6.92 Å². The second-order valence-corrected chi connectivity index (χ2v) is 5.93. The van der Waals surface area contributed by atoms with Crippen molar-refractivity contribution in [2.45, 2.75) is 19.4 Å². The molecule has 1 aliphatic heterocycles. The van der Waals surface area contributed by atoms with Gasteiger partial charge in [0.05, 0.1) is 7.11 Å². The van der Waals surface area contributed by atoms with Crippen LogP contribution in [0.5, 0.6) is 0 Å². The Morgan fingerprint density at radius 1 is 1.50 bits per heavy atom. The van der Waals surface area contributed by atoms with Crippen LogP contribution < -0.4 is 4.90 Å². The number of aromatic amines is 1. The summed E-state index contributed by atoms with van der Waals surface area (Å²) in [6.45, 7) is 3.68. The zero-order valence-electron chi connectivity index (χ0n) is 13.2. The molecule has 118 valence electrons. The fraction of sp³-hybridized carbons (Fsp3) is 0.500. The summed E-state index contributed by atoms with van der Waals surface area (Å²) in [5, 5.41) is 1.10. The van der Waals surface area contributed by atoms with Gasteiger partial charge in [-0.2, -0.15) is 0 Å². The lowest BCUT2D eigenvalue weighted by molar-refractivity contribution is 0.101. The van der Waals surface area contributed by atoms with Crippen molar-refractivity contribution in [3.8, 4) is 0 Å². The minimum atomic E-state index is -0.244. The van der Waals surface area contributed by atoms with E-state index in [1.54, 1.807) is 4.90 Å². The molecule has 0 saturated carbocycles. The summed E-state index contributed by atoms with van der Waals surface area (Å²) in [5.74, 6) is 0.507. The highest BCUT2D eigenvalue weighted by Gasteiger charge is 2.32. The minimum Gasteiger partial charge on any atom is -0.453 e. The molecule has 22 heavy (non-hydrogen) atoms. The molecule has 1 unspecified atom stereocenters. The number of ether oxygens (including phenoxy) is 1. The molecule has 1 aliphatic rings. The summed E-state index contributed by atoms with van der Waals surface area (Å²) in [6, 6.07) is 4.33. The summed E-state index contributed by atoms with van der Waals surface area (Å²) >= 11 is 0. The Hall–Kier alpha value is -2.24. The van der Waals surface area contributed by atoms with Crippen molar-refractivity contribution in [1.82, 2.24) is 14.9 Å². The predicted octanol–water partition coefficient (Wildman–Crippen LogP) is 2.48. The minimum absolute atomic E-state index is 0.244. The van der Waals surface area contributed by atoms with E-state index in [4.69, 9.17) is 4.74 Å². The Morgan fingerprint density at radius 2 is 2.32 bits per heavy atom. The van der Waals surface area contributed by atoms with E-state index in [2.05, 4.69) is 28.8 Å². The number of nitrogens with zero attached hydrogens (tertiary/aromatic N) is 3. The number of carbonyl (C=O) groups excluding carboxylic acids is 1. The van der Waals surface area contributed by atoms with Crippen molar-refractivity contribution in [1.29, 1.82) is 0 Å². The number of likely N-dealkylation sites (tertiary alicyclic amines) is 1. The molecular formula is C16H22N4O2. The Bertz CT molecular complexity index is 669. The summed E-state index contributed by atoms with van der Waals surface area (Å²) < 4.78 is 4.87. The molecule has 0 aliphatic carbocycles. The standard InChI is InChI=1S/C16H22N4O2/c1-11-6-9-20(16(21)22-3)10-14(11)19(2)13-5-8-18-15-12(13)4-7-17-15/h4-5,7-8,11,14H,6,9-10H2,1-3H3,(H,17,18)/t11-,14?/m1/s1. The SMILES string of the molecule is COC(=O)N1CC[C@@H](C)C(N(C)c2ccnc3[nH]ccc23)C1. The van der Waals surface area contributed by atoms with Gasteiger partial charge in [0.1, 0.15) is 5.65 Å². The van der Waals surface area contributed by atoms with Gasteiger partial charge in [0.2, 0.25) is 0 Å². The van der Waals surface area contributed by atoms with Crippen LogP contribution in [0.4, 0.5) is 10.5 Å². The monoisotopic (exact) mass is 302 g/mol. The lowest BCUT2D eigenvalue weighted by Gasteiger charge is -2.42. The number of amides is 1. The largest absolute Gasteiger partial charge is 0.453 e. The molecule has 0 bridgehead atoms. The lowest BCUT2D eigenvalue weighted by Crippen LogP contribution is -2.52. The zero-order valence-corrected chi connectivity index (χ0v) is 13.2. The van der Waals surface area contributed by atoms with Gasteiger partial charge >= 0.3 is 6.09 Å². The predicted molar refractivity (Wildman–Crippen MR) is 86.0 cm³/mol.